The van der Waals surface area contributed by atoms with Crippen molar-refractivity contribution < 1.29 is 18.0 Å². The first kappa shape index (κ1) is 17.6. The first-order valence-electron chi connectivity index (χ1n) is 6.52. The maximum Gasteiger partial charge on any atom is 0.434 e. The maximum atomic E-state index is 13.5. The van der Waals surface area contributed by atoms with E-state index in [1.165, 1.54) is 18.2 Å². The van der Waals surface area contributed by atoms with Crippen molar-refractivity contribution in [3.05, 3.63) is 46.0 Å². The van der Waals surface area contributed by atoms with Crippen molar-refractivity contribution in [2.75, 3.05) is 0 Å². The first-order chi connectivity index (χ1) is 10.6. The molecule has 0 radical (unpaired) electrons. The smallest absolute Gasteiger partial charge is 0.348 e. The molecular weight excluding hydrogens is 354 g/mol. The van der Waals surface area contributed by atoms with Crippen LogP contribution in [0.2, 0.25) is 10.0 Å². The van der Waals surface area contributed by atoms with Crippen molar-refractivity contribution in [3.63, 3.8) is 0 Å². The molecule has 0 atom stereocenters. The molecule has 0 aliphatic heterocycles. The number of para-hydroxylation sites is 1. The predicted octanol–water partition coefficient (Wildman–Crippen LogP) is 4.34. The lowest BCUT2D eigenvalue weighted by molar-refractivity contribution is -0.142. The number of benzene rings is 1. The van der Waals surface area contributed by atoms with E-state index in [0.29, 0.717) is 4.57 Å². The van der Waals surface area contributed by atoms with Gasteiger partial charge in [-0.2, -0.15) is 13.2 Å². The van der Waals surface area contributed by atoms with Crippen LogP contribution in [0.25, 0.3) is 5.69 Å². The van der Waals surface area contributed by atoms with Gasteiger partial charge >= 0.3 is 6.18 Å². The normalized spacial score (nSPS) is 11.8. The van der Waals surface area contributed by atoms with Gasteiger partial charge in [-0.05, 0) is 26.0 Å². The van der Waals surface area contributed by atoms with Gasteiger partial charge in [-0.25, -0.2) is 4.98 Å². The van der Waals surface area contributed by atoms with Gasteiger partial charge in [0.15, 0.2) is 11.4 Å². The number of aromatic nitrogens is 2. The van der Waals surface area contributed by atoms with Crippen molar-refractivity contribution in [1.82, 2.24) is 14.9 Å². The summed E-state index contributed by atoms with van der Waals surface area (Å²) in [6.45, 7) is 3.26. The maximum absolute atomic E-state index is 13.5. The quantitative estimate of drug-likeness (QED) is 0.879. The van der Waals surface area contributed by atoms with Gasteiger partial charge < -0.3 is 5.32 Å². The Morgan fingerprint density at radius 1 is 1.26 bits per heavy atom. The molecular formula is C14H12Cl2F3N3O. The zero-order chi connectivity index (χ0) is 17.4. The summed E-state index contributed by atoms with van der Waals surface area (Å²) in [5.74, 6) is -0.922. The molecule has 0 spiro atoms. The van der Waals surface area contributed by atoms with Crippen LogP contribution in [-0.2, 0) is 6.18 Å². The Morgan fingerprint density at radius 3 is 2.30 bits per heavy atom. The number of alkyl halides is 3. The number of rotatable bonds is 3. The third-order valence-electron chi connectivity index (χ3n) is 2.85. The fourth-order valence-electron chi connectivity index (χ4n) is 2.00. The van der Waals surface area contributed by atoms with E-state index in [1.54, 1.807) is 13.8 Å². The summed E-state index contributed by atoms with van der Waals surface area (Å²) in [5, 5.41) is 2.41. The molecule has 0 fully saturated rings. The molecule has 1 N–H and O–H groups in total. The van der Waals surface area contributed by atoms with Crippen molar-refractivity contribution in [3.8, 4) is 5.69 Å². The second kappa shape index (κ2) is 6.41. The van der Waals surface area contributed by atoms with Gasteiger partial charge in [-0.15, -0.1) is 0 Å². The van der Waals surface area contributed by atoms with Crippen molar-refractivity contribution >= 4 is 29.1 Å². The molecule has 2 rings (SSSR count). The molecule has 1 aromatic heterocycles. The molecule has 124 valence electrons. The molecule has 0 aliphatic carbocycles. The second-order valence-electron chi connectivity index (χ2n) is 5.01. The van der Waals surface area contributed by atoms with E-state index in [-0.39, 0.29) is 21.8 Å². The highest BCUT2D eigenvalue weighted by atomic mass is 35.5. The van der Waals surface area contributed by atoms with Gasteiger partial charge in [0, 0.05) is 6.04 Å². The van der Waals surface area contributed by atoms with E-state index >= 15 is 0 Å². The van der Waals surface area contributed by atoms with Crippen LogP contribution in [-0.4, -0.2) is 21.5 Å². The molecule has 0 unspecified atom stereocenters. The number of carbonyl (C=O) groups excluding carboxylic acids is 1. The Bertz CT molecular complexity index is 721. The number of imidazole rings is 1. The third kappa shape index (κ3) is 3.61. The van der Waals surface area contributed by atoms with Crippen LogP contribution in [0.4, 0.5) is 13.2 Å². The molecule has 1 aromatic carbocycles. The zero-order valence-corrected chi connectivity index (χ0v) is 13.6. The Hall–Kier alpha value is -1.73. The van der Waals surface area contributed by atoms with E-state index in [1.807, 2.05) is 0 Å². The Balaban J connectivity index is 2.67. The summed E-state index contributed by atoms with van der Waals surface area (Å²) in [5.41, 5.74) is -2.05. The topological polar surface area (TPSA) is 46.9 Å². The van der Waals surface area contributed by atoms with Gasteiger partial charge in [0.1, 0.15) is 6.33 Å². The number of nitrogens with zero attached hydrogens (tertiary/aromatic N) is 2. The van der Waals surface area contributed by atoms with Crippen LogP contribution in [0.3, 0.4) is 0 Å². The predicted molar refractivity (Wildman–Crippen MR) is 81.2 cm³/mol. The average molecular weight is 366 g/mol. The minimum Gasteiger partial charge on any atom is -0.348 e. The Labute approximate surface area is 140 Å². The van der Waals surface area contributed by atoms with Gasteiger partial charge in [-0.3, -0.25) is 9.36 Å². The summed E-state index contributed by atoms with van der Waals surface area (Å²) in [4.78, 5) is 15.6. The molecule has 23 heavy (non-hydrogen) atoms. The number of amides is 1. The van der Waals surface area contributed by atoms with Crippen LogP contribution in [0.15, 0.2) is 24.5 Å². The SMILES string of the molecule is CC(C)NC(=O)c1ncn(-c2c(Cl)cccc2Cl)c1C(F)(F)F. The fourth-order valence-corrected chi connectivity index (χ4v) is 2.58. The van der Waals surface area contributed by atoms with E-state index in [0.717, 1.165) is 6.33 Å². The fraction of sp³-hybridized carbons (Fsp3) is 0.286. The second-order valence-corrected chi connectivity index (χ2v) is 5.82. The van der Waals surface area contributed by atoms with Crippen molar-refractivity contribution in [2.24, 2.45) is 0 Å². The van der Waals surface area contributed by atoms with Gasteiger partial charge in [0.2, 0.25) is 0 Å². The van der Waals surface area contributed by atoms with Crippen LogP contribution < -0.4 is 5.32 Å². The van der Waals surface area contributed by atoms with Gasteiger partial charge in [-0.1, -0.05) is 29.3 Å². The van der Waals surface area contributed by atoms with E-state index in [4.69, 9.17) is 23.2 Å². The molecule has 9 heteroatoms. The van der Waals surface area contributed by atoms with E-state index < -0.39 is 23.5 Å². The molecule has 2 aromatic rings. The average Bonchev–Trinajstić information content (AvgIpc) is 2.82. The molecule has 0 saturated heterocycles. The lowest BCUT2D eigenvalue weighted by Crippen LogP contribution is -2.32. The first-order valence-corrected chi connectivity index (χ1v) is 7.28. The number of hydrogen-bond donors (Lipinski definition) is 1. The van der Waals surface area contributed by atoms with E-state index in [9.17, 15) is 18.0 Å². The minimum absolute atomic E-state index is 0.0104. The molecule has 0 saturated carbocycles. The summed E-state index contributed by atoms with van der Waals surface area (Å²) in [6.07, 6.45) is -3.94. The molecule has 0 aliphatic rings. The molecule has 1 amide bonds. The summed E-state index contributed by atoms with van der Waals surface area (Å²) < 4.78 is 41.1. The number of halogens is 5. The standard InChI is InChI=1S/C14H12Cl2F3N3O/c1-7(2)21-13(23)10-12(14(17,18)19)22(6-20-10)11-8(15)4-3-5-9(11)16/h3-7H,1-2H3,(H,21,23). The Kier molecular flexibility index (Phi) is 4.91. The molecule has 1 heterocycles. The highest BCUT2D eigenvalue weighted by Gasteiger charge is 2.41. The summed E-state index contributed by atoms with van der Waals surface area (Å²) in [7, 11) is 0. The largest absolute Gasteiger partial charge is 0.434 e. The lowest BCUT2D eigenvalue weighted by atomic mass is 10.2. The van der Waals surface area contributed by atoms with Crippen LogP contribution in [0.5, 0.6) is 0 Å². The highest BCUT2D eigenvalue weighted by molar-refractivity contribution is 6.37. The van der Waals surface area contributed by atoms with E-state index in [2.05, 4.69) is 10.3 Å². The van der Waals surface area contributed by atoms with Crippen molar-refractivity contribution in [1.29, 1.82) is 0 Å². The highest BCUT2D eigenvalue weighted by Crippen LogP contribution is 2.37. The number of nitrogens with one attached hydrogen (secondary N) is 1. The van der Waals surface area contributed by atoms with Crippen LogP contribution >= 0.6 is 23.2 Å². The zero-order valence-electron chi connectivity index (χ0n) is 12.1. The summed E-state index contributed by atoms with van der Waals surface area (Å²) >= 11 is 11.9. The van der Waals surface area contributed by atoms with Crippen LogP contribution in [0, 0.1) is 0 Å². The number of carbonyl (C=O) groups is 1. The van der Waals surface area contributed by atoms with Crippen LogP contribution in [0.1, 0.15) is 30.0 Å². The monoisotopic (exact) mass is 365 g/mol. The summed E-state index contributed by atoms with van der Waals surface area (Å²) in [6, 6.07) is 3.97. The van der Waals surface area contributed by atoms with Gasteiger partial charge in [0.05, 0.1) is 15.7 Å². The van der Waals surface area contributed by atoms with Gasteiger partial charge in [0.25, 0.3) is 5.91 Å². The minimum atomic E-state index is -4.82. The Morgan fingerprint density at radius 2 is 1.83 bits per heavy atom. The molecule has 4 nitrogen and oxygen atoms in total. The lowest BCUT2D eigenvalue weighted by Gasteiger charge is -2.15. The van der Waals surface area contributed by atoms with Crippen molar-refractivity contribution in [2.45, 2.75) is 26.1 Å². The number of hydrogen-bond acceptors (Lipinski definition) is 2. The third-order valence-corrected chi connectivity index (χ3v) is 3.46. The molecule has 0 bridgehead atoms.